The SMILES string of the molecule is CN(C)C(=O)C[C@H]1C[C@@H]2c3cc(NS(C)(=O)=O)ccc3O[C@@H]2[C@H](CO)O1. The number of hydrogen-bond acceptors (Lipinski definition) is 6. The minimum atomic E-state index is -3.38. The van der Waals surface area contributed by atoms with Gasteiger partial charge in [-0.15, -0.1) is 0 Å². The van der Waals surface area contributed by atoms with E-state index >= 15 is 0 Å². The third-order valence-electron chi connectivity index (χ3n) is 4.70. The van der Waals surface area contributed by atoms with Crippen LogP contribution in [0.4, 0.5) is 5.69 Å². The Morgan fingerprint density at radius 3 is 2.73 bits per heavy atom. The summed E-state index contributed by atoms with van der Waals surface area (Å²) in [5.41, 5.74) is 1.33. The molecule has 26 heavy (non-hydrogen) atoms. The van der Waals surface area contributed by atoms with E-state index < -0.39 is 16.1 Å². The second-order valence-electron chi connectivity index (χ2n) is 7.02. The fourth-order valence-electron chi connectivity index (χ4n) is 3.54. The van der Waals surface area contributed by atoms with E-state index in [1.165, 1.54) is 4.90 Å². The Labute approximate surface area is 153 Å². The Morgan fingerprint density at radius 1 is 1.38 bits per heavy atom. The first-order valence-electron chi connectivity index (χ1n) is 8.43. The maximum atomic E-state index is 12.0. The zero-order chi connectivity index (χ0) is 19.1. The fraction of sp³-hybridized carbons (Fsp3) is 0.588. The van der Waals surface area contributed by atoms with E-state index in [0.717, 1.165) is 11.8 Å². The highest BCUT2D eigenvalue weighted by Crippen LogP contribution is 2.47. The molecule has 2 aliphatic heterocycles. The van der Waals surface area contributed by atoms with Crippen LogP contribution < -0.4 is 9.46 Å². The van der Waals surface area contributed by atoms with Gasteiger partial charge >= 0.3 is 0 Å². The highest BCUT2D eigenvalue weighted by molar-refractivity contribution is 7.92. The van der Waals surface area contributed by atoms with E-state index in [0.29, 0.717) is 17.9 Å². The number of carbonyl (C=O) groups excluding carboxylic acids is 1. The van der Waals surface area contributed by atoms with Crippen molar-refractivity contribution in [2.24, 2.45) is 0 Å². The maximum Gasteiger partial charge on any atom is 0.229 e. The van der Waals surface area contributed by atoms with E-state index in [2.05, 4.69) is 4.72 Å². The monoisotopic (exact) mass is 384 g/mol. The van der Waals surface area contributed by atoms with Gasteiger partial charge in [0.25, 0.3) is 0 Å². The molecule has 0 spiro atoms. The third-order valence-corrected chi connectivity index (χ3v) is 5.31. The Morgan fingerprint density at radius 2 is 2.12 bits per heavy atom. The number of fused-ring (bicyclic) bond motifs is 3. The van der Waals surface area contributed by atoms with Crippen molar-refractivity contribution in [2.75, 3.05) is 31.7 Å². The van der Waals surface area contributed by atoms with Crippen LogP contribution in [0, 0.1) is 0 Å². The van der Waals surface area contributed by atoms with Crippen molar-refractivity contribution in [3.05, 3.63) is 23.8 Å². The van der Waals surface area contributed by atoms with Crippen LogP contribution >= 0.6 is 0 Å². The van der Waals surface area contributed by atoms with E-state index in [1.807, 2.05) is 0 Å². The van der Waals surface area contributed by atoms with E-state index in [9.17, 15) is 18.3 Å². The van der Waals surface area contributed by atoms with Gasteiger partial charge in [-0.05, 0) is 24.6 Å². The highest BCUT2D eigenvalue weighted by Gasteiger charge is 2.46. The Kier molecular flexibility index (Phi) is 5.14. The van der Waals surface area contributed by atoms with Crippen LogP contribution in [-0.4, -0.2) is 69.6 Å². The van der Waals surface area contributed by atoms with Crippen LogP contribution in [0.5, 0.6) is 5.75 Å². The van der Waals surface area contributed by atoms with Crippen molar-refractivity contribution in [1.82, 2.24) is 4.90 Å². The van der Waals surface area contributed by atoms with Gasteiger partial charge < -0.3 is 19.5 Å². The molecule has 4 atom stereocenters. The van der Waals surface area contributed by atoms with Crippen LogP contribution in [-0.2, 0) is 19.6 Å². The molecular formula is C17H24N2O6S. The van der Waals surface area contributed by atoms with Crippen LogP contribution in [0.3, 0.4) is 0 Å². The molecule has 1 fully saturated rings. The first-order valence-corrected chi connectivity index (χ1v) is 10.3. The average Bonchev–Trinajstić information content (AvgIpc) is 2.90. The summed E-state index contributed by atoms with van der Waals surface area (Å²) in [7, 11) is -0.00303. The summed E-state index contributed by atoms with van der Waals surface area (Å²) < 4.78 is 37.2. The molecule has 0 radical (unpaired) electrons. The molecule has 0 aromatic heterocycles. The lowest BCUT2D eigenvalue weighted by Gasteiger charge is -2.37. The Balaban J connectivity index is 1.85. The molecule has 8 nitrogen and oxygen atoms in total. The second kappa shape index (κ2) is 7.05. The largest absolute Gasteiger partial charge is 0.487 e. The van der Waals surface area contributed by atoms with Gasteiger partial charge in [0.1, 0.15) is 18.0 Å². The number of carbonyl (C=O) groups is 1. The molecule has 2 aliphatic rings. The van der Waals surface area contributed by atoms with Crippen molar-refractivity contribution in [2.45, 2.75) is 37.1 Å². The number of benzene rings is 1. The van der Waals surface area contributed by atoms with Crippen LogP contribution in [0.25, 0.3) is 0 Å². The van der Waals surface area contributed by atoms with Crippen LogP contribution in [0.1, 0.15) is 24.3 Å². The minimum Gasteiger partial charge on any atom is -0.487 e. The lowest BCUT2D eigenvalue weighted by Crippen LogP contribution is -2.47. The van der Waals surface area contributed by atoms with Gasteiger partial charge in [0.2, 0.25) is 15.9 Å². The molecule has 0 bridgehead atoms. The van der Waals surface area contributed by atoms with E-state index in [-0.39, 0.29) is 37.1 Å². The Bertz CT molecular complexity index is 794. The summed E-state index contributed by atoms with van der Waals surface area (Å²) in [5.74, 6) is 0.537. The third kappa shape index (κ3) is 3.94. The summed E-state index contributed by atoms with van der Waals surface area (Å²) in [6.07, 6.45) is 0.670. The van der Waals surface area contributed by atoms with Crippen molar-refractivity contribution in [1.29, 1.82) is 0 Å². The van der Waals surface area contributed by atoms with Gasteiger partial charge in [-0.1, -0.05) is 0 Å². The number of sulfonamides is 1. The van der Waals surface area contributed by atoms with E-state index in [4.69, 9.17) is 9.47 Å². The normalized spacial score (nSPS) is 27.2. The fourth-order valence-corrected chi connectivity index (χ4v) is 4.10. The molecule has 1 aromatic carbocycles. The van der Waals surface area contributed by atoms with Gasteiger partial charge in [-0.25, -0.2) is 8.42 Å². The van der Waals surface area contributed by atoms with Crippen molar-refractivity contribution < 1.29 is 27.8 Å². The number of anilines is 1. The first kappa shape index (κ1) is 18.9. The topological polar surface area (TPSA) is 105 Å². The lowest BCUT2D eigenvalue weighted by atomic mass is 9.84. The predicted molar refractivity (Wildman–Crippen MR) is 95.7 cm³/mol. The van der Waals surface area contributed by atoms with Crippen molar-refractivity contribution in [3.63, 3.8) is 0 Å². The second-order valence-corrected chi connectivity index (χ2v) is 8.77. The molecule has 2 N–H and O–H groups in total. The quantitative estimate of drug-likeness (QED) is 0.767. The summed E-state index contributed by atoms with van der Waals surface area (Å²) in [6.45, 7) is -0.212. The number of rotatable bonds is 5. The van der Waals surface area contributed by atoms with Gasteiger partial charge in [0, 0.05) is 31.3 Å². The van der Waals surface area contributed by atoms with Crippen LogP contribution in [0.2, 0.25) is 0 Å². The zero-order valence-electron chi connectivity index (χ0n) is 15.0. The summed E-state index contributed by atoms with van der Waals surface area (Å²) in [4.78, 5) is 13.5. The number of hydrogen-bond donors (Lipinski definition) is 2. The van der Waals surface area contributed by atoms with Gasteiger partial charge in [0.05, 0.1) is 25.4 Å². The molecule has 1 saturated heterocycles. The number of nitrogens with one attached hydrogen (secondary N) is 1. The van der Waals surface area contributed by atoms with Crippen molar-refractivity contribution in [3.8, 4) is 5.75 Å². The number of aliphatic hydroxyl groups excluding tert-OH is 1. The molecule has 2 heterocycles. The Hall–Kier alpha value is -1.84. The predicted octanol–water partition coefficient (Wildman–Crippen LogP) is 0.531. The smallest absolute Gasteiger partial charge is 0.229 e. The first-order chi connectivity index (χ1) is 12.2. The summed E-state index contributed by atoms with van der Waals surface area (Å²) in [5, 5.41) is 9.69. The van der Waals surface area contributed by atoms with Crippen molar-refractivity contribution >= 4 is 21.6 Å². The number of amides is 1. The molecule has 3 rings (SSSR count). The summed E-state index contributed by atoms with van der Waals surface area (Å²) >= 11 is 0. The zero-order valence-corrected chi connectivity index (χ0v) is 15.8. The van der Waals surface area contributed by atoms with Gasteiger partial charge in [-0.2, -0.15) is 0 Å². The van der Waals surface area contributed by atoms with Gasteiger partial charge in [-0.3, -0.25) is 9.52 Å². The molecule has 0 saturated carbocycles. The number of aliphatic hydroxyl groups is 1. The standard InChI is InChI=1S/C17H24N2O6S/c1-19(2)16(21)8-11-7-13-12-6-10(18-26(3,22)23)4-5-14(12)25-17(13)15(9-20)24-11/h4-6,11,13,15,17-18,20H,7-9H2,1-3H3/t11-,13-,15+,17+/m1/s1. The molecule has 9 heteroatoms. The summed E-state index contributed by atoms with van der Waals surface area (Å²) in [6, 6.07) is 5.11. The molecule has 144 valence electrons. The van der Waals surface area contributed by atoms with Crippen LogP contribution in [0.15, 0.2) is 18.2 Å². The molecule has 1 amide bonds. The highest BCUT2D eigenvalue weighted by atomic mass is 32.2. The number of nitrogens with zero attached hydrogens (tertiary/aromatic N) is 1. The van der Waals surface area contributed by atoms with E-state index in [1.54, 1.807) is 32.3 Å². The number of ether oxygens (including phenoxy) is 2. The molecule has 1 aromatic rings. The molecule has 0 unspecified atom stereocenters. The van der Waals surface area contributed by atoms with Gasteiger partial charge in [0.15, 0.2) is 0 Å². The minimum absolute atomic E-state index is 0.0447. The maximum absolute atomic E-state index is 12.0. The lowest BCUT2D eigenvalue weighted by molar-refractivity contribution is -0.147. The molecule has 0 aliphatic carbocycles. The average molecular weight is 384 g/mol. The molecular weight excluding hydrogens is 360 g/mol.